The summed E-state index contributed by atoms with van der Waals surface area (Å²) in [6, 6.07) is 2.80. The fraction of sp³-hybridized carbons (Fsp3) is 0.417. The number of nitro benzene ring substituents is 1. The average Bonchev–Trinajstić information content (AvgIpc) is 2.37. The number of oxime groups is 1. The zero-order valence-corrected chi connectivity index (χ0v) is 10.8. The van der Waals surface area contributed by atoms with Gasteiger partial charge >= 0.3 is 5.69 Å². The van der Waals surface area contributed by atoms with Crippen molar-refractivity contribution in [2.24, 2.45) is 5.16 Å². The number of nitro groups is 1. The minimum Gasteiger partial charge on any atom is -0.490 e. The third kappa shape index (κ3) is 3.84. The first-order chi connectivity index (χ1) is 9.13. The van der Waals surface area contributed by atoms with Gasteiger partial charge in [-0.1, -0.05) is 12.1 Å². The van der Waals surface area contributed by atoms with Crippen molar-refractivity contribution in [1.29, 1.82) is 0 Å². The largest absolute Gasteiger partial charge is 0.490 e. The van der Waals surface area contributed by atoms with Crippen LogP contribution in [0.25, 0.3) is 0 Å². The Kier molecular flexibility index (Phi) is 5.59. The molecule has 0 aliphatic rings. The van der Waals surface area contributed by atoms with E-state index in [1.807, 2.05) is 6.92 Å². The molecule has 104 valence electrons. The maximum atomic E-state index is 11.1. The van der Waals surface area contributed by atoms with Crippen molar-refractivity contribution < 1.29 is 19.6 Å². The van der Waals surface area contributed by atoms with Crippen LogP contribution in [0.5, 0.6) is 11.5 Å². The number of ether oxygens (including phenoxy) is 2. The van der Waals surface area contributed by atoms with E-state index in [2.05, 4.69) is 5.16 Å². The predicted octanol–water partition coefficient (Wildman–Crippen LogP) is 2.59. The Hall–Kier alpha value is -2.31. The molecule has 0 aliphatic heterocycles. The van der Waals surface area contributed by atoms with E-state index in [-0.39, 0.29) is 17.2 Å². The standard InChI is InChI=1S/C12H16N2O5/c1-3-5-19-12-10(14(16)17)6-9(8-13-15)7-11(12)18-4-2/h6-8,15H,3-5H2,1-2H3/b13-8-. The normalized spacial score (nSPS) is 10.6. The van der Waals surface area contributed by atoms with Gasteiger partial charge in [-0.15, -0.1) is 0 Å². The highest BCUT2D eigenvalue weighted by atomic mass is 16.6. The van der Waals surface area contributed by atoms with E-state index in [4.69, 9.17) is 14.7 Å². The van der Waals surface area contributed by atoms with E-state index >= 15 is 0 Å². The monoisotopic (exact) mass is 268 g/mol. The Bertz CT molecular complexity index is 473. The molecule has 0 unspecified atom stereocenters. The van der Waals surface area contributed by atoms with Crippen molar-refractivity contribution in [3.8, 4) is 11.5 Å². The Labute approximate surface area is 110 Å². The first kappa shape index (κ1) is 14.7. The number of hydrogen-bond acceptors (Lipinski definition) is 6. The van der Waals surface area contributed by atoms with Gasteiger partial charge < -0.3 is 14.7 Å². The second-order valence-corrected chi connectivity index (χ2v) is 3.65. The third-order valence-corrected chi connectivity index (χ3v) is 2.21. The fourth-order valence-corrected chi connectivity index (χ4v) is 1.50. The molecule has 0 radical (unpaired) electrons. The maximum Gasteiger partial charge on any atom is 0.315 e. The summed E-state index contributed by atoms with van der Waals surface area (Å²) >= 11 is 0. The summed E-state index contributed by atoms with van der Waals surface area (Å²) in [5.41, 5.74) is 0.149. The van der Waals surface area contributed by atoms with Crippen LogP contribution in [0, 0.1) is 10.1 Å². The SMILES string of the molecule is CCCOc1c(OCC)cc(/C=N\O)cc1[N+](=O)[O-]. The molecule has 7 nitrogen and oxygen atoms in total. The quantitative estimate of drug-likeness (QED) is 0.355. The fourth-order valence-electron chi connectivity index (χ4n) is 1.50. The van der Waals surface area contributed by atoms with Crippen LogP contribution in [0.15, 0.2) is 17.3 Å². The molecule has 19 heavy (non-hydrogen) atoms. The van der Waals surface area contributed by atoms with Crippen LogP contribution in [0.4, 0.5) is 5.69 Å². The van der Waals surface area contributed by atoms with Crippen molar-refractivity contribution in [2.45, 2.75) is 20.3 Å². The molecular weight excluding hydrogens is 252 g/mol. The van der Waals surface area contributed by atoms with Crippen LogP contribution in [0.2, 0.25) is 0 Å². The Morgan fingerprint density at radius 2 is 2.16 bits per heavy atom. The molecule has 0 spiro atoms. The van der Waals surface area contributed by atoms with Gasteiger partial charge in [0, 0.05) is 11.6 Å². The smallest absolute Gasteiger partial charge is 0.315 e. The van der Waals surface area contributed by atoms with E-state index in [0.29, 0.717) is 18.8 Å². The zero-order valence-electron chi connectivity index (χ0n) is 10.8. The summed E-state index contributed by atoms with van der Waals surface area (Å²) in [7, 11) is 0. The molecule has 0 aliphatic carbocycles. The van der Waals surface area contributed by atoms with Crippen LogP contribution in [-0.2, 0) is 0 Å². The Morgan fingerprint density at radius 1 is 1.42 bits per heavy atom. The lowest BCUT2D eigenvalue weighted by Gasteiger charge is -2.12. The third-order valence-electron chi connectivity index (χ3n) is 2.21. The first-order valence-corrected chi connectivity index (χ1v) is 5.89. The highest BCUT2D eigenvalue weighted by molar-refractivity contribution is 5.82. The van der Waals surface area contributed by atoms with Gasteiger partial charge in [-0.2, -0.15) is 0 Å². The summed E-state index contributed by atoms with van der Waals surface area (Å²) in [4.78, 5) is 10.5. The van der Waals surface area contributed by atoms with Gasteiger partial charge in [0.15, 0.2) is 5.75 Å². The molecule has 0 saturated heterocycles. The van der Waals surface area contributed by atoms with Crippen LogP contribution in [0.3, 0.4) is 0 Å². The predicted molar refractivity (Wildman–Crippen MR) is 69.4 cm³/mol. The Morgan fingerprint density at radius 3 is 2.68 bits per heavy atom. The van der Waals surface area contributed by atoms with Gasteiger partial charge in [0.1, 0.15) is 0 Å². The van der Waals surface area contributed by atoms with Gasteiger partial charge in [-0.25, -0.2) is 0 Å². The summed E-state index contributed by atoms with van der Waals surface area (Å²) in [6.45, 7) is 4.37. The Balaban J connectivity index is 3.32. The summed E-state index contributed by atoms with van der Waals surface area (Å²) in [5, 5.41) is 22.4. The minimum atomic E-state index is -0.553. The summed E-state index contributed by atoms with van der Waals surface area (Å²) < 4.78 is 10.7. The molecule has 1 N–H and O–H groups in total. The van der Waals surface area contributed by atoms with Gasteiger partial charge in [0.25, 0.3) is 0 Å². The molecule has 0 amide bonds. The molecule has 1 aromatic carbocycles. The molecule has 0 bridgehead atoms. The van der Waals surface area contributed by atoms with Gasteiger partial charge in [0.2, 0.25) is 5.75 Å². The van der Waals surface area contributed by atoms with E-state index < -0.39 is 4.92 Å². The zero-order chi connectivity index (χ0) is 14.3. The number of benzene rings is 1. The molecule has 0 atom stereocenters. The highest BCUT2D eigenvalue weighted by Gasteiger charge is 2.22. The van der Waals surface area contributed by atoms with Crippen LogP contribution in [0.1, 0.15) is 25.8 Å². The molecule has 7 heteroatoms. The lowest BCUT2D eigenvalue weighted by Crippen LogP contribution is -2.04. The molecule has 0 heterocycles. The summed E-state index contributed by atoms with van der Waals surface area (Å²) in [6.07, 6.45) is 1.82. The first-order valence-electron chi connectivity index (χ1n) is 5.89. The number of hydrogen-bond donors (Lipinski definition) is 1. The van der Waals surface area contributed by atoms with Crippen molar-refractivity contribution in [3.05, 3.63) is 27.8 Å². The topological polar surface area (TPSA) is 94.2 Å². The molecule has 0 aromatic heterocycles. The lowest BCUT2D eigenvalue weighted by atomic mass is 10.2. The van der Waals surface area contributed by atoms with Gasteiger partial charge in [-0.3, -0.25) is 10.1 Å². The molecule has 0 fully saturated rings. The second-order valence-electron chi connectivity index (χ2n) is 3.65. The van der Waals surface area contributed by atoms with Gasteiger partial charge in [0.05, 0.1) is 24.4 Å². The van der Waals surface area contributed by atoms with Crippen molar-refractivity contribution >= 4 is 11.9 Å². The van der Waals surface area contributed by atoms with E-state index in [1.54, 1.807) is 6.92 Å². The van der Waals surface area contributed by atoms with Crippen LogP contribution >= 0.6 is 0 Å². The minimum absolute atomic E-state index is 0.101. The summed E-state index contributed by atoms with van der Waals surface area (Å²) in [5.74, 6) is 0.365. The van der Waals surface area contributed by atoms with E-state index in [9.17, 15) is 10.1 Å². The highest BCUT2D eigenvalue weighted by Crippen LogP contribution is 2.38. The van der Waals surface area contributed by atoms with Crippen LogP contribution in [-0.4, -0.2) is 29.6 Å². The van der Waals surface area contributed by atoms with E-state index in [0.717, 1.165) is 12.6 Å². The van der Waals surface area contributed by atoms with Crippen molar-refractivity contribution in [2.75, 3.05) is 13.2 Å². The van der Waals surface area contributed by atoms with Crippen LogP contribution < -0.4 is 9.47 Å². The maximum absolute atomic E-state index is 11.1. The van der Waals surface area contributed by atoms with Gasteiger partial charge in [-0.05, 0) is 19.4 Å². The number of nitrogens with zero attached hydrogens (tertiary/aromatic N) is 2. The average molecular weight is 268 g/mol. The molecule has 0 saturated carbocycles. The molecule has 1 aromatic rings. The van der Waals surface area contributed by atoms with E-state index in [1.165, 1.54) is 12.1 Å². The molecule has 1 rings (SSSR count). The van der Waals surface area contributed by atoms with Crippen molar-refractivity contribution in [1.82, 2.24) is 0 Å². The second kappa shape index (κ2) is 7.20. The number of rotatable bonds is 7. The molecular formula is C12H16N2O5. The lowest BCUT2D eigenvalue weighted by molar-refractivity contribution is -0.386. The van der Waals surface area contributed by atoms with Crippen molar-refractivity contribution in [3.63, 3.8) is 0 Å².